The average molecular weight is 555 g/mol. The number of para-hydroxylation sites is 1. The van der Waals surface area contributed by atoms with Gasteiger partial charge in [-0.05, 0) is 57.0 Å². The summed E-state index contributed by atoms with van der Waals surface area (Å²) in [7, 11) is 0. The number of benzene rings is 3. The van der Waals surface area contributed by atoms with Crippen LogP contribution >= 0.6 is 0 Å². The van der Waals surface area contributed by atoms with Gasteiger partial charge in [-0.15, -0.1) is 0 Å². The van der Waals surface area contributed by atoms with E-state index in [-0.39, 0.29) is 24.2 Å². The van der Waals surface area contributed by atoms with E-state index in [1.54, 1.807) is 94.4 Å². The third kappa shape index (κ3) is 4.57. The largest absolute Gasteiger partial charge is 0.464 e. The molecule has 0 radical (unpaired) electrons. The number of imide groups is 2. The molecule has 0 saturated heterocycles. The normalized spacial score (nSPS) is 18.7. The summed E-state index contributed by atoms with van der Waals surface area (Å²) in [5.74, 6) is -2.81. The molecule has 210 valence electrons. The topological polar surface area (TPSA) is 110 Å². The maximum Gasteiger partial charge on any atom is 0.421 e. The van der Waals surface area contributed by atoms with Gasteiger partial charge in [0.2, 0.25) is 0 Å². The number of ether oxygens (including phenoxy) is 2. The van der Waals surface area contributed by atoms with Gasteiger partial charge in [-0.2, -0.15) is 0 Å². The molecule has 0 fully saturated rings. The van der Waals surface area contributed by atoms with Gasteiger partial charge in [0, 0.05) is 6.42 Å². The number of nitrogens with zero attached hydrogens (tertiary/aromatic N) is 2. The Balaban J connectivity index is 1.70. The fourth-order valence-electron chi connectivity index (χ4n) is 5.55. The van der Waals surface area contributed by atoms with Crippen LogP contribution in [0.5, 0.6) is 0 Å². The fourth-order valence-corrected chi connectivity index (χ4v) is 5.55. The predicted octanol–water partition coefficient (Wildman–Crippen LogP) is 4.87. The van der Waals surface area contributed by atoms with Crippen LogP contribution in [0.2, 0.25) is 0 Å². The van der Waals surface area contributed by atoms with Crippen LogP contribution in [0.25, 0.3) is 0 Å². The van der Waals surface area contributed by atoms with Gasteiger partial charge < -0.3 is 9.47 Å². The Hall–Kier alpha value is -4.79. The Morgan fingerprint density at radius 1 is 0.829 bits per heavy atom. The molecule has 0 aromatic heterocycles. The third-order valence-electron chi connectivity index (χ3n) is 7.21. The molecule has 3 aromatic rings. The average Bonchev–Trinajstić information content (AvgIpc) is 3.34. The van der Waals surface area contributed by atoms with Crippen LogP contribution in [0.15, 0.2) is 78.9 Å². The van der Waals surface area contributed by atoms with Crippen molar-refractivity contribution in [1.29, 1.82) is 0 Å². The van der Waals surface area contributed by atoms with Crippen molar-refractivity contribution in [2.75, 3.05) is 11.5 Å². The van der Waals surface area contributed by atoms with E-state index in [9.17, 15) is 24.0 Å². The zero-order valence-corrected chi connectivity index (χ0v) is 23.2. The van der Waals surface area contributed by atoms with Crippen molar-refractivity contribution in [3.63, 3.8) is 0 Å². The van der Waals surface area contributed by atoms with Gasteiger partial charge in [-0.1, -0.05) is 60.7 Å². The maximum absolute atomic E-state index is 14.6. The van der Waals surface area contributed by atoms with Gasteiger partial charge in [0.1, 0.15) is 17.1 Å². The number of amides is 4. The molecule has 9 nitrogen and oxygen atoms in total. The number of carbonyl (C=O) groups is 5. The summed E-state index contributed by atoms with van der Waals surface area (Å²) in [5, 5.41) is 0. The SMILES string of the molecule is CCOC(=O)[C@H](C[C@@]1(c2ccccc2)C(=O)N(C(=O)OC(C)(C)C)c2ccccc21)N1C(=O)c2ccccc2C1=O. The molecule has 2 aliphatic heterocycles. The second-order valence-electron chi connectivity index (χ2n) is 10.9. The van der Waals surface area contributed by atoms with Gasteiger partial charge in [0.25, 0.3) is 17.7 Å². The summed E-state index contributed by atoms with van der Waals surface area (Å²) in [5.41, 5.74) is -0.995. The zero-order chi connectivity index (χ0) is 29.5. The van der Waals surface area contributed by atoms with E-state index in [0.717, 1.165) is 9.80 Å². The lowest BCUT2D eigenvalue weighted by Gasteiger charge is -2.35. The minimum Gasteiger partial charge on any atom is -0.464 e. The minimum absolute atomic E-state index is 0.00853. The van der Waals surface area contributed by atoms with E-state index in [0.29, 0.717) is 16.8 Å². The van der Waals surface area contributed by atoms with Crippen molar-refractivity contribution in [3.05, 3.63) is 101 Å². The lowest BCUT2D eigenvalue weighted by atomic mass is 9.70. The Bertz CT molecular complexity index is 1520. The molecule has 5 rings (SSSR count). The van der Waals surface area contributed by atoms with Crippen molar-refractivity contribution < 1.29 is 33.4 Å². The molecular formula is C32H30N2O7. The monoisotopic (exact) mass is 554 g/mol. The van der Waals surface area contributed by atoms with E-state index in [4.69, 9.17) is 9.47 Å². The Labute approximate surface area is 237 Å². The molecule has 0 unspecified atom stereocenters. The van der Waals surface area contributed by atoms with Crippen LogP contribution in [0.1, 0.15) is 66.0 Å². The first-order valence-corrected chi connectivity index (χ1v) is 13.4. The first-order valence-electron chi connectivity index (χ1n) is 13.4. The summed E-state index contributed by atoms with van der Waals surface area (Å²) < 4.78 is 11.0. The van der Waals surface area contributed by atoms with E-state index < -0.39 is 46.8 Å². The number of rotatable bonds is 6. The highest BCUT2D eigenvalue weighted by molar-refractivity contribution is 6.24. The van der Waals surface area contributed by atoms with Gasteiger partial charge in [0.05, 0.1) is 23.4 Å². The van der Waals surface area contributed by atoms with E-state index in [1.165, 1.54) is 12.1 Å². The van der Waals surface area contributed by atoms with Crippen LogP contribution in [0.4, 0.5) is 10.5 Å². The summed E-state index contributed by atoms with van der Waals surface area (Å²) in [6, 6.07) is 20.3. The van der Waals surface area contributed by atoms with Crippen molar-refractivity contribution in [2.24, 2.45) is 0 Å². The maximum atomic E-state index is 14.6. The molecule has 0 bridgehead atoms. The molecule has 4 amide bonds. The molecule has 2 aliphatic rings. The van der Waals surface area contributed by atoms with Crippen molar-refractivity contribution in [3.8, 4) is 0 Å². The zero-order valence-electron chi connectivity index (χ0n) is 23.2. The van der Waals surface area contributed by atoms with Crippen LogP contribution in [0, 0.1) is 0 Å². The first kappa shape index (κ1) is 27.8. The Kier molecular flexibility index (Phi) is 6.98. The summed E-state index contributed by atoms with van der Waals surface area (Å²) in [6.07, 6.45) is -1.22. The number of esters is 1. The van der Waals surface area contributed by atoms with Crippen LogP contribution < -0.4 is 4.90 Å². The molecule has 0 N–H and O–H groups in total. The quantitative estimate of drug-likeness (QED) is 0.316. The summed E-state index contributed by atoms with van der Waals surface area (Å²) in [4.78, 5) is 70.6. The number of hydrogen-bond donors (Lipinski definition) is 0. The van der Waals surface area contributed by atoms with Gasteiger partial charge in [0.15, 0.2) is 0 Å². The van der Waals surface area contributed by atoms with E-state index in [2.05, 4.69) is 0 Å². The fraction of sp³-hybridized carbons (Fsp3) is 0.281. The lowest BCUT2D eigenvalue weighted by molar-refractivity contribution is -0.148. The Morgan fingerprint density at radius 3 is 1.98 bits per heavy atom. The first-order chi connectivity index (χ1) is 19.5. The lowest BCUT2D eigenvalue weighted by Crippen LogP contribution is -2.53. The summed E-state index contributed by atoms with van der Waals surface area (Å²) in [6.45, 7) is 6.69. The highest BCUT2D eigenvalue weighted by Gasteiger charge is 2.58. The molecule has 2 heterocycles. The molecule has 9 heteroatoms. The van der Waals surface area contributed by atoms with Gasteiger partial charge >= 0.3 is 12.1 Å². The molecule has 3 aromatic carbocycles. The molecule has 0 aliphatic carbocycles. The number of carbonyl (C=O) groups excluding carboxylic acids is 5. The number of anilines is 1. The van der Waals surface area contributed by atoms with E-state index >= 15 is 0 Å². The molecule has 41 heavy (non-hydrogen) atoms. The second-order valence-corrected chi connectivity index (χ2v) is 10.9. The Morgan fingerprint density at radius 2 is 1.39 bits per heavy atom. The minimum atomic E-state index is -1.64. The van der Waals surface area contributed by atoms with Crippen LogP contribution in [0.3, 0.4) is 0 Å². The van der Waals surface area contributed by atoms with Crippen LogP contribution in [-0.2, 0) is 24.5 Å². The highest BCUT2D eigenvalue weighted by Crippen LogP contribution is 2.50. The second kappa shape index (κ2) is 10.3. The van der Waals surface area contributed by atoms with Gasteiger partial charge in [-0.3, -0.25) is 19.3 Å². The predicted molar refractivity (Wildman–Crippen MR) is 149 cm³/mol. The number of fused-ring (bicyclic) bond motifs is 2. The van der Waals surface area contributed by atoms with Gasteiger partial charge in [-0.25, -0.2) is 14.5 Å². The van der Waals surface area contributed by atoms with Crippen LogP contribution in [-0.4, -0.2) is 52.9 Å². The number of hydrogen-bond acceptors (Lipinski definition) is 7. The van der Waals surface area contributed by atoms with Crippen molar-refractivity contribution in [1.82, 2.24) is 4.90 Å². The smallest absolute Gasteiger partial charge is 0.421 e. The molecule has 2 atom stereocenters. The third-order valence-corrected chi connectivity index (χ3v) is 7.21. The highest BCUT2D eigenvalue weighted by atomic mass is 16.6. The van der Waals surface area contributed by atoms with E-state index in [1.807, 2.05) is 0 Å². The standard InChI is InChI=1S/C32H30N2O7/c1-5-40-28(37)25(33-26(35)21-15-9-10-16-22(21)27(33)36)19-32(20-13-7-6-8-14-20)23-17-11-12-18-24(23)34(29(32)38)30(39)41-31(2,3)4/h6-18,25H,5,19H2,1-4H3/t25-,32-/m0/s1. The van der Waals surface area contributed by atoms with Crippen molar-refractivity contribution in [2.45, 2.75) is 51.2 Å². The molecular weight excluding hydrogens is 524 g/mol. The molecule has 0 spiro atoms. The summed E-state index contributed by atoms with van der Waals surface area (Å²) >= 11 is 0. The van der Waals surface area contributed by atoms with Crippen molar-refractivity contribution >= 4 is 35.5 Å². The molecule has 0 saturated carbocycles.